The largest absolute Gasteiger partial charge is 0 e. The summed E-state index contributed by atoms with van der Waals surface area (Å²) < 4.78 is 79.9. The zero-order valence-corrected chi connectivity index (χ0v) is 29.0. The van der Waals surface area contributed by atoms with Gasteiger partial charge in [-0.1, -0.05) is 29.3 Å². The number of nitrogens with zero attached hydrogens (tertiary/aromatic N) is 1. The molecule has 1 atom stereocenters. The average molecular weight is 917 g/mol. The molecule has 0 bridgehead atoms. The van der Waals surface area contributed by atoms with Crippen LogP contribution < -0.4 is 0 Å². The van der Waals surface area contributed by atoms with Crippen molar-refractivity contribution in [1.29, 1.82) is 0 Å². The van der Waals surface area contributed by atoms with Gasteiger partial charge in [0, 0.05) is 52.6 Å². The van der Waals surface area contributed by atoms with E-state index in [0.717, 1.165) is 0 Å². The van der Waals surface area contributed by atoms with E-state index in [2.05, 4.69) is 125 Å². The van der Waals surface area contributed by atoms with Crippen LogP contribution in [-0.2, 0) is 94.1 Å². The van der Waals surface area contributed by atoms with Gasteiger partial charge in [0.25, 0.3) is 0 Å². The summed E-state index contributed by atoms with van der Waals surface area (Å²) in [4.78, 5) is 0. The minimum atomic E-state index is -0.00618. The number of hydrogen-bond donors (Lipinski definition) is 0. The molecule has 0 radical (unpaired) electrons. The van der Waals surface area contributed by atoms with Gasteiger partial charge in [0.2, 0.25) is 0 Å². The molecular weight excluding hydrogens is 897 g/mol. The number of benzene rings is 1. The normalized spacial score (nSPS) is 9.39. The Bertz CT molecular complexity index is 1070. The van der Waals surface area contributed by atoms with E-state index < -0.39 is 0 Å². The quantitative estimate of drug-likeness (QED) is 0.286. The van der Waals surface area contributed by atoms with Crippen molar-refractivity contribution in [2.45, 2.75) is 40.0 Å². The maximum Gasteiger partial charge on any atom is 0 e. The Morgan fingerprint density at radius 2 is 0.805 bits per heavy atom. The summed E-state index contributed by atoms with van der Waals surface area (Å²) in [6.07, 6.45) is 0. The van der Waals surface area contributed by atoms with E-state index in [0.29, 0.717) is 8.35 Å². The van der Waals surface area contributed by atoms with Gasteiger partial charge in [0.05, 0.1) is 11.1 Å². The third kappa shape index (κ3) is 20.9. The van der Waals surface area contributed by atoms with Crippen molar-refractivity contribution in [1.82, 2.24) is 4.75 Å². The van der Waals surface area contributed by atoms with Gasteiger partial charge < -0.3 is 0 Å². The van der Waals surface area contributed by atoms with Crippen LogP contribution in [0.4, 0.5) is 0 Å². The molecule has 1 aliphatic rings. The van der Waals surface area contributed by atoms with Gasteiger partial charge in [-0.2, -0.15) is 0 Å². The number of rotatable bonds is 1. The molecule has 0 spiro atoms. The number of fused-ring (bicyclic) bond motifs is 1. The second-order valence-corrected chi connectivity index (χ2v) is 6.73. The molecular formula is C27H20NO10PW2. The van der Waals surface area contributed by atoms with Crippen LogP contribution in [0.2, 0.25) is 0 Å². The van der Waals surface area contributed by atoms with Crippen LogP contribution >= 0.6 is 8.35 Å². The monoisotopic (exact) mass is 917 g/mol. The molecule has 210 valence electrons. The first-order valence-electron chi connectivity index (χ1n) is 8.82. The SMILES string of the molecule is CC1=C(C)C(C)(c2n[pH]c3ccccc23)C(C)=C1C.[C-]#[O+].[C-]#[O+].[C-]#[O+].[C-]#[O+].[C-]#[O+].[C-]#[O+].[C-]#[O+].[C-]#[O+].[C-]#[O+].[C-]#[O+].[W].[W]. The average Bonchev–Trinajstić information content (AvgIpc) is 3.58. The second kappa shape index (κ2) is 53.7. The molecule has 0 saturated heterocycles. The van der Waals surface area contributed by atoms with Gasteiger partial charge in [-0.05, 0) is 60.2 Å². The molecule has 0 fully saturated rings. The van der Waals surface area contributed by atoms with Crippen LogP contribution in [0.1, 0.15) is 40.3 Å². The first kappa shape index (κ1) is 66.6. The molecule has 1 aliphatic carbocycles. The van der Waals surface area contributed by atoms with Gasteiger partial charge >= 0.3 is 113 Å². The Morgan fingerprint density at radius 1 is 0.537 bits per heavy atom. The van der Waals surface area contributed by atoms with Gasteiger partial charge in [-0.3, -0.25) is 0 Å². The van der Waals surface area contributed by atoms with Crippen LogP contribution in [-0.4, -0.2) is 4.75 Å². The summed E-state index contributed by atoms with van der Waals surface area (Å²) in [5, 5.41) is 2.74. The Hall–Kier alpha value is -2.55. The summed E-state index contributed by atoms with van der Waals surface area (Å²) in [7, 11) is 0.574. The summed E-state index contributed by atoms with van der Waals surface area (Å²) in [6, 6.07) is 8.67. The fourth-order valence-corrected chi connectivity index (χ4v) is 4.36. The number of hydrogen-bond acceptors (Lipinski definition) is 1. The van der Waals surface area contributed by atoms with Crippen molar-refractivity contribution < 1.29 is 88.7 Å². The molecule has 0 amide bonds. The fraction of sp³-hybridized carbons (Fsp3) is 0.222. The van der Waals surface area contributed by atoms with Crippen LogP contribution in [0.25, 0.3) is 10.5 Å². The van der Waals surface area contributed by atoms with Crippen LogP contribution in [0.3, 0.4) is 0 Å². The Kier molecular flexibility index (Phi) is 87.2. The standard InChI is InChI=1S/C17H20NP.10CO.2W/c1-10-11(2)13(4)17(5,12(10)3)16-14-8-6-7-9-15(14)19-18-16;10*1-2;;/h6-9,19H,1-5H3;;;;;;;;;;;;. The molecule has 0 aliphatic heterocycles. The summed E-state index contributed by atoms with van der Waals surface area (Å²) in [5.41, 5.74) is 7.07. The van der Waals surface area contributed by atoms with Gasteiger partial charge in [0.1, 0.15) is 0 Å². The zero-order chi connectivity index (χ0) is 33.8. The van der Waals surface area contributed by atoms with Crippen LogP contribution in [0.5, 0.6) is 0 Å². The number of allylic oxidation sites excluding steroid dienone is 4. The predicted octanol–water partition coefficient (Wildman–Crippen LogP) is 4.83. The first-order valence-corrected chi connectivity index (χ1v) is 9.76. The minimum absolute atomic E-state index is 0. The van der Waals surface area contributed by atoms with E-state index in [1.165, 1.54) is 38.5 Å². The topological polar surface area (TPSA) is 212 Å². The molecule has 3 rings (SSSR count). The third-order valence-corrected chi connectivity index (χ3v) is 6.14. The molecule has 1 unspecified atom stereocenters. The summed E-state index contributed by atoms with van der Waals surface area (Å²) in [6.45, 7) is 56.3. The summed E-state index contributed by atoms with van der Waals surface area (Å²) in [5.74, 6) is 0. The molecule has 0 N–H and O–H groups in total. The maximum absolute atomic E-state index is 7.50. The van der Waals surface area contributed by atoms with Crippen LogP contribution in [0, 0.1) is 66.5 Å². The van der Waals surface area contributed by atoms with Crippen molar-refractivity contribution in [3.8, 4) is 0 Å². The van der Waals surface area contributed by atoms with E-state index in [9.17, 15) is 0 Å². The molecule has 14 heteroatoms. The molecule has 1 heterocycles. The van der Waals surface area contributed by atoms with Crippen molar-refractivity contribution in [2.24, 2.45) is 0 Å². The Labute approximate surface area is 269 Å². The smallest absolute Gasteiger partial charge is 0 e. The third-order valence-electron chi connectivity index (χ3n) is 5.13. The van der Waals surface area contributed by atoms with E-state index in [1.54, 1.807) is 0 Å². The van der Waals surface area contributed by atoms with Crippen molar-refractivity contribution in [2.75, 3.05) is 0 Å². The molecule has 11 nitrogen and oxygen atoms in total. The van der Waals surface area contributed by atoms with E-state index in [4.69, 9.17) is 51.3 Å². The Morgan fingerprint density at radius 3 is 1.10 bits per heavy atom. The second-order valence-electron chi connectivity index (χ2n) is 5.74. The fourth-order valence-electron chi connectivity index (χ4n) is 3.29. The van der Waals surface area contributed by atoms with Crippen LogP contribution in [0.15, 0.2) is 46.6 Å². The maximum atomic E-state index is 7.50. The summed E-state index contributed by atoms with van der Waals surface area (Å²) >= 11 is 0. The van der Waals surface area contributed by atoms with Gasteiger partial charge in [0.15, 0.2) is 0 Å². The molecule has 41 heavy (non-hydrogen) atoms. The molecule has 1 aromatic heterocycles. The van der Waals surface area contributed by atoms with Gasteiger partial charge in [-0.15, -0.1) is 0 Å². The zero-order valence-electron chi connectivity index (χ0n) is 22.2. The van der Waals surface area contributed by atoms with Crippen molar-refractivity contribution in [3.63, 3.8) is 0 Å². The molecule has 0 saturated carbocycles. The van der Waals surface area contributed by atoms with E-state index in [1.807, 2.05) is 0 Å². The Balaban J connectivity index is -0.0000000469. The number of aromatic nitrogens is 1. The first-order chi connectivity index (χ1) is 19.0. The predicted molar refractivity (Wildman–Crippen MR) is 125 cm³/mol. The van der Waals surface area contributed by atoms with E-state index in [-0.39, 0.29) is 47.5 Å². The van der Waals surface area contributed by atoms with Gasteiger partial charge in [-0.25, -0.2) is 4.75 Å². The van der Waals surface area contributed by atoms with Crippen molar-refractivity contribution in [3.05, 3.63) is 119 Å². The van der Waals surface area contributed by atoms with Crippen molar-refractivity contribution >= 4 is 18.9 Å². The van der Waals surface area contributed by atoms with E-state index >= 15 is 0 Å². The molecule has 2 aromatic rings. The minimum Gasteiger partial charge on any atom is 0 e. The molecule has 1 aromatic carbocycles.